The molecule has 2 N–H and O–H groups in total. The van der Waals surface area contributed by atoms with Crippen LogP contribution in [0.5, 0.6) is 0 Å². The topological polar surface area (TPSA) is 60.2 Å². The summed E-state index contributed by atoms with van der Waals surface area (Å²) in [6.45, 7) is 7.28. The Morgan fingerprint density at radius 1 is 1.29 bits per heavy atom. The van der Waals surface area contributed by atoms with Gasteiger partial charge in [0.25, 0.3) is 0 Å². The van der Waals surface area contributed by atoms with Gasteiger partial charge < -0.3 is 5.73 Å². The lowest BCUT2D eigenvalue weighted by Gasteiger charge is -2.17. The Balaban J connectivity index is 3.44. The second kappa shape index (κ2) is 5.19. The quantitative estimate of drug-likeness (QED) is 0.899. The van der Waals surface area contributed by atoms with E-state index in [4.69, 9.17) is 5.73 Å². The molecule has 0 aliphatic rings. The normalized spacial score (nSPS) is 14.0. The largest absolute Gasteiger partial charge is 0.324 e. The van der Waals surface area contributed by atoms with Crippen molar-refractivity contribution in [3.8, 4) is 0 Å². The van der Waals surface area contributed by atoms with Crippen LogP contribution in [0, 0.1) is 6.92 Å². The van der Waals surface area contributed by atoms with E-state index in [1.807, 2.05) is 26.0 Å². The van der Waals surface area contributed by atoms with E-state index >= 15 is 0 Å². The highest BCUT2D eigenvalue weighted by atomic mass is 32.2. The van der Waals surface area contributed by atoms with Crippen molar-refractivity contribution in [2.75, 3.05) is 0 Å². The maximum Gasteiger partial charge on any atom is 0.181 e. The van der Waals surface area contributed by atoms with Gasteiger partial charge in [0.2, 0.25) is 0 Å². The van der Waals surface area contributed by atoms with Crippen LogP contribution in [-0.2, 0) is 9.84 Å². The highest BCUT2D eigenvalue weighted by Crippen LogP contribution is 2.27. The SMILES string of the molecule is CCC(N)c1cc(C)ccc1S(=O)(=O)C(C)C. The van der Waals surface area contributed by atoms with E-state index in [-0.39, 0.29) is 6.04 Å². The molecule has 0 aromatic heterocycles. The predicted molar refractivity (Wildman–Crippen MR) is 70.7 cm³/mol. The molecular weight excluding hydrogens is 234 g/mol. The number of nitrogens with two attached hydrogens (primary N) is 1. The van der Waals surface area contributed by atoms with Crippen LogP contribution in [0.1, 0.15) is 44.4 Å². The molecule has 0 fully saturated rings. The number of hydrogen-bond donors (Lipinski definition) is 1. The summed E-state index contributed by atoms with van der Waals surface area (Å²) in [6, 6.07) is 5.15. The first-order chi connectivity index (χ1) is 7.80. The van der Waals surface area contributed by atoms with Crippen molar-refractivity contribution in [2.45, 2.75) is 50.3 Å². The van der Waals surface area contributed by atoms with Gasteiger partial charge in [-0.25, -0.2) is 8.42 Å². The van der Waals surface area contributed by atoms with E-state index in [1.165, 1.54) is 0 Å². The molecule has 0 bridgehead atoms. The second-order valence-corrected chi connectivity index (χ2v) is 7.12. The van der Waals surface area contributed by atoms with E-state index in [0.717, 1.165) is 17.5 Å². The van der Waals surface area contributed by atoms with Crippen molar-refractivity contribution in [1.82, 2.24) is 0 Å². The number of hydrogen-bond acceptors (Lipinski definition) is 3. The Bertz CT molecular complexity index is 492. The van der Waals surface area contributed by atoms with Gasteiger partial charge >= 0.3 is 0 Å². The minimum absolute atomic E-state index is 0.224. The first kappa shape index (κ1) is 14.2. The lowest BCUT2D eigenvalue weighted by Crippen LogP contribution is -2.19. The molecule has 0 saturated heterocycles. The predicted octanol–water partition coefficient (Wildman–Crippen LogP) is 2.59. The van der Waals surface area contributed by atoms with Crippen LogP contribution in [0.15, 0.2) is 23.1 Å². The summed E-state index contributed by atoms with van der Waals surface area (Å²) in [6.07, 6.45) is 0.726. The summed E-state index contributed by atoms with van der Waals surface area (Å²) < 4.78 is 24.5. The van der Waals surface area contributed by atoms with Crippen molar-refractivity contribution in [2.24, 2.45) is 5.73 Å². The van der Waals surface area contributed by atoms with Crippen LogP contribution in [0.2, 0.25) is 0 Å². The molecule has 0 heterocycles. The first-order valence-corrected chi connectivity index (χ1v) is 7.45. The lowest BCUT2D eigenvalue weighted by molar-refractivity contribution is 0.582. The summed E-state index contributed by atoms with van der Waals surface area (Å²) in [5.41, 5.74) is 7.77. The fourth-order valence-electron chi connectivity index (χ4n) is 1.69. The van der Waals surface area contributed by atoms with Crippen LogP contribution >= 0.6 is 0 Å². The Morgan fingerprint density at radius 2 is 1.88 bits per heavy atom. The van der Waals surface area contributed by atoms with Crippen molar-refractivity contribution < 1.29 is 8.42 Å². The minimum atomic E-state index is -3.26. The maximum atomic E-state index is 12.2. The highest BCUT2D eigenvalue weighted by Gasteiger charge is 2.24. The van der Waals surface area contributed by atoms with Gasteiger partial charge in [0, 0.05) is 6.04 Å². The van der Waals surface area contributed by atoms with E-state index in [1.54, 1.807) is 19.9 Å². The van der Waals surface area contributed by atoms with E-state index in [9.17, 15) is 8.42 Å². The van der Waals surface area contributed by atoms with Gasteiger partial charge in [-0.15, -0.1) is 0 Å². The fraction of sp³-hybridized carbons (Fsp3) is 0.538. The second-order valence-electron chi connectivity index (χ2n) is 4.65. The molecule has 1 rings (SSSR count). The van der Waals surface area contributed by atoms with E-state index in [2.05, 4.69) is 0 Å². The van der Waals surface area contributed by atoms with Crippen LogP contribution in [0.4, 0.5) is 0 Å². The van der Waals surface area contributed by atoms with Crippen LogP contribution in [0.3, 0.4) is 0 Å². The Kier molecular flexibility index (Phi) is 4.33. The van der Waals surface area contributed by atoms with Crippen molar-refractivity contribution in [3.63, 3.8) is 0 Å². The zero-order valence-corrected chi connectivity index (χ0v) is 11.7. The highest BCUT2D eigenvalue weighted by molar-refractivity contribution is 7.92. The molecule has 1 atom stereocenters. The van der Waals surface area contributed by atoms with Gasteiger partial charge in [0.15, 0.2) is 9.84 Å². The minimum Gasteiger partial charge on any atom is -0.324 e. The average molecular weight is 255 g/mol. The molecule has 0 amide bonds. The molecule has 4 heteroatoms. The molecule has 17 heavy (non-hydrogen) atoms. The molecule has 0 spiro atoms. The third-order valence-electron chi connectivity index (χ3n) is 2.93. The van der Waals surface area contributed by atoms with E-state index < -0.39 is 15.1 Å². The van der Waals surface area contributed by atoms with Crippen molar-refractivity contribution >= 4 is 9.84 Å². The molecule has 0 aliphatic heterocycles. The monoisotopic (exact) mass is 255 g/mol. The van der Waals surface area contributed by atoms with Crippen molar-refractivity contribution in [1.29, 1.82) is 0 Å². The summed E-state index contributed by atoms with van der Waals surface area (Å²) in [7, 11) is -3.26. The number of aryl methyl sites for hydroxylation is 1. The third-order valence-corrected chi connectivity index (χ3v) is 5.16. The van der Waals surface area contributed by atoms with Gasteiger partial charge in [-0.3, -0.25) is 0 Å². The molecule has 1 aromatic rings. The molecule has 0 aliphatic carbocycles. The van der Waals surface area contributed by atoms with Gasteiger partial charge in [-0.05, 0) is 38.8 Å². The van der Waals surface area contributed by atoms with Crippen LogP contribution in [0.25, 0.3) is 0 Å². The Labute approximate surface area is 104 Å². The van der Waals surface area contributed by atoms with Gasteiger partial charge in [-0.2, -0.15) is 0 Å². The number of rotatable bonds is 4. The first-order valence-electron chi connectivity index (χ1n) is 5.90. The summed E-state index contributed by atoms with van der Waals surface area (Å²) in [5, 5.41) is -0.423. The van der Waals surface area contributed by atoms with Crippen LogP contribution in [-0.4, -0.2) is 13.7 Å². The Hall–Kier alpha value is -0.870. The zero-order valence-electron chi connectivity index (χ0n) is 10.9. The van der Waals surface area contributed by atoms with Gasteiger partial charge in [0.05, 0.1) is 10.1 Å². The van der Waals surface area contributed by atoms with E-state index in [0.29, 0.717) is 4.90 Å². The third kappa shape index (κ3) is 2.87. The number of benzene rings is 1. The molecule has 1 unspecified atom stereocenters. The standard InChI is InChI=1S/C13H21NO2S/c1-5-12(14)11-8-10(4)6-7-13(11)17(15,16)9(2)3/h6-9,12H,5,14H2,1-4H3. The summed E-state index contributed by atoms with van der Waals surface area (Å²) in [5.74, 6) is 0. The molecule has 0 saturated carbocycles. The molecule has 0 radical (unpaired) electrons. The number of sulfone groups is 1. The fourth-order valence-corrected chi connectivity index (χ4v) is 3.00. The lowest BCUT2D eigenvalue weighted by atomic mass is 10.0. The van der Waals surface area contributed by atoms with Gasteiger partial charge in [0.1, 0.15) is 0 Å². The summed E-state index contributed by atoms with van der Waals surface area (Å²) >= 11 is 0. The zero-order chi connectivity index (χ0) is 13.2. The van der Waals surface area contributed by atoms with Crippen LogP contribution < -0.4 is 5.73 Å². The average Bonchev–Trinajstić information content (AvgIpc) is 2.27. The molecule has 96 valence electrons. The molecule has 3 nitrogen and oxygen atoms in total. The molecular formula is C13H21NO2S. The van der Waals surface area contributed by atoms with Crippen molar-refractivity contribution in [3.05, 3.63) is 29.3 Å². The van der Waals surface area contributed by atoms with Gasteiger partial charge in [-0.1, -0.05) is 24.6 Å². The Morgan fingerprint density at radius 3 is 2.35 bits per heavy atom. The smallest absolute Gasteiger partial charge is 0.181 e. The molecule has 1 aromatic carbocycles. The summed E-state index contributed by atoms with van der Waals surface area (Å²) in [4.78, 5) is 0.382. The maximum absolute atomic E-state index is 12.2.